The summed E-state index contributed by atoms with van der Waals surface area (Å²) in [5, 5.41) is 11.9. The highest BCUT2D eigenvalue weighted by Crippen LogP contribution is 2.31. The minimum Gasteiger partial charge on any atom is -0.444 e. The van der Waals surface area contributed by atoms with Gasteiger partial charge in [-0.05, 0) is 42.8 Å². The number of aromatic nitrogens is 5. The molecule has 6 nitrogen and oxygen atoms in total. The van der Waals surface area contributed by atoms with Crippen LogP contribution in [0.25, 0.3) is 22.8 Å². The molecule has 0 unspecified atom stereocenters. The monoisotopic (exact) mass is 399 g/mol. The Morgan fingerprint density at radius 3 is 2.66 bits per heavy atom. The molecule has 29 heavy (non-hydrogen) atoms. The van der Waals surface area contributed by atoms with E-state index in [1.54, 1.807) is 0 Å². The molecule has 0 atom stereocenters. The lowest BCUT2D eigenvalue weighted by Gasteiger charge is -2.06. The van der Waals surface area contributed by atoms with Gasteiger partial charge in [-0.15, -0.1) is 10.2 Å². The van der Waals surface area contributed by atoms with Crippen molar-refractivity contribution < 1.29 is 17.6 Å². The third-order valence-electron chi connectivity index (χ3n) is 4.37. The second-order valence-electron chi connectivity index (χ2n) is 6.68. The van der Waals surface area contributed by atoms with Crippen LogP contribution in [0.2, 0.25) is 0 Å². The first-order valence-corrected chi connectivity index (χ1v) is 8.77. The summed E-state index contributed by atoms with van der Waals surface area (Å²) in [7, 11) is 0. The van der Waals surface area contributed by atoms with Gasteiger partial charge in [0.05, 0.1) is 5.56 Å². The van der Waals surface area contributed by atoms with Crippen LogP contribution >= 0.6 is 0 Å². The predicted molar refractivity (Wildman–Crippen MR) is 98.8 cm³/mol. The number of hydrogen-bond donors (Lipinski definition) is 0. The van der Waals surface area contributed by atoms with Crippen LogP contribution in [-0.2, 0) is 12.7 Å². The lowest BCUT2D eigenvalue weighted by atomic mass is 10.1. The molecule has 0 amide bonds. The predicted octanol–water partition coefficient (Wildman–Crippen LogP) is 4.68. The zero-order valence-electron chi connectivity index (χ0n) is 15.6. The van der Waals surface area contributed by atoms with Gasteiger partial charge in [-0.25, -0.2) is 4.98 Å². The second-order valence-corrected chi connectivity index (χ2v) is 6.68. The molecular formula is C20H16F3N5O. The van der Waals surface area contributed by atoms with Crippen LogP contribution in [0, 0.1) is 13.8 Å². The summed E-state index contributed by atoms with van der Waals surface area (Å²) in [6, 6.07) is 10.8. The Kier molecular flexibility index (Phi) is 4.65. The molecule has 2 heterocycles. The molecule has 0 aliphatic heterocycles. The summed E-state index contributed by atoms with van der Waals surface area (Å²) in [4.78, 5) is 5.71. The minimum absolute atomic E-state index is 0.106. The van der Waals surface area contributed by atoms with Gasteiger partial charge in [0.2, 0.25) is 11.7 Å². The van der Waals surface area contributed by atoms with Crippen molar-refractivity contribution in [1.29, 1.82) is 0 Å². The summed E-state index contributed by atoms with van der Waals surface area (Å²) in [5.41, 5.74) is 3.13. The van der Waals surface area contributed by atoms with Gasteiger partial charge in [-0.1, -0.05) is 29.8 Å². The van der Waals surface area contributed by atoms with Crippen LogP contribution in [0.5, 0.6) is 0 Å². The van der Waals surface area contributed by atoms with Gasteiger partial charge in [0, 0.05) is 11.1 Å². The fraction of sp³-hybridized carbons (Fsp3) is 0.200. The standard InChI is InChI=1S/C20H16F3N5O/c1-12-6-7-17(13(2)8-12)19-24-16(11-29-19)10-28-26-18(25-27-28)14-4-3-5-15(9-14)20(21,22)23/h3-9,11H,10H2,1-2H3. The SMILES string of the molecule is Cc1ccc(-c2nc(Cn3nnc(-c4cccc(C(F)(F)F)c4)n3)co2)c(C)c1. The van der Waals surface area contributed by atoms with Crippen LogP contribution < -0.4 is 0 Å². The molecule has 4 aromatic rings. The van der Waals surface area contributed by atoms with E-state index in [-0.39, 0.29) is 17.9 Å². The van der Waals surface area contributed by atoms with Crippen LogP contribution in [-0.4, -0.2) is 25.2 Å². The maximum absolute atomic E-state index is 12.9. The quantitative estimate of drug-likeness (QED) is 0.498. The Bertz CT molecular complexity index is 1160. The number of alkyl halides is 3. The minimum atomic E-state index is -4.43. The Morgan fingerprint density at radius 2 is 1.90 bits per heavy atom. The van der Waals surface area contributed by atoms with E-state index in [1.807, 2.05) is 32.0 Å². The largest absolute Gasteiger partial charge is 0.444 e. The van der Waals surface area contributed by atoms with Crippen molar-refractivity contribution in [2.24, 2.45) is 0 Å². The number of tetrazole rings is 1. The van der Waals surface area contributed by atoms with E-state index in [0.717, 1.165) is 28.8 Å². The lowest BCUT2D eigenvalue weighted by Crippen LogP contribution is -2.05. The highest BCUT2D eigenvalue weighted by molar-refractivity contribution is 5.59. The zero-order valence-corrected chi connectivity index (χ0v) is 15.6. The first-order chi connectivity index (χ1) is 13.8. The van der Waals surface area contributed by atoms with Gasteiger partial charge in [0.15, 0.2) is 0 Å². The number of hydrogen-bond acceptors (Lipinski definition) is 5. The van der Waals surface area contributed by atoms with Crippen LogP contribution in [0.3, 0.4) is 0 Å². The van der Waals surface area contributed by atoms with Gasteiger partial charge < -0.3 is 4.42 Å². The van der Waals surface area contributed by atoms with Crippen LogP contribution in [0.15, 0.2) is 53.1 Å². The fourth-order valence-corrected chi connectivity index (χ4v) is 2.96. The van der Waals surface area contributed by atoms with Gasteiger partial charge in [-0.3, -0.25) is 0 Å². The Hall–Kier alpha value is -3.49. The van der Waals surface area contributed by atoms with Crippen molar-refractivity contribution in [2.75, 3.05) is 0 Å². The number of benzene rings is 2. The van der Waals surface area contributed by atoms with Crippen molar-refractivity contribution in [3.63, 3.8) is 0 Å². The van der Waals surface area contributed by atoms with Crippen molar-refractivity contribution in [3.05, 3.63) is 71.1 Å². The van der Waals surface area contributed by atoms with E-state index >= 15 is 0 Å². The molecule has 0 spiro atoms. The van der Waals surface area contributed by atoms with Gasteiger partial charge in [0.1, 0.15) is 18.5 Å². The van der Waals surface area contributed by atoms with Gasteiger partial charge >= 0.3 is 6.18 Å². The van der Waals surface area contributed by atoms with Gasteiger partial charge in [0.25, 0.3) is 0 Å². The van der Waals surface area contributed by atoms with E-state index < -0.39 is 11.7 Å². The molecular weight excluding hydrogens is 383 g/mol. The highest BCUT2D eigenvalue weighted by Gasteiger charge is 2.30. The highest BCUT2D eigenvalue weighted by atomic mass is 19.4. The number of rotatable bonds is 4. The van der Waals surface area contributed by atoms with Gasteiger partial charge in [-0.2, -0.15) is 18.0 Å². The molecule has 0 radical (unpaired) electrons. The molecule has 0 N–H and O–H groups in total. The third kappa shape index (κ3) is 4.03. The van der Waals surface area contributed by atoms with E-state index in [4.69, 9.17) is 4.42 Å². The van der Waals surface area contributed by atoms with Crippen molar-refractivity contribution in [1.82, 2.24) is 25.2 Å². The number of aryl methyl sites for hydroxylation is 2. The molecule has 148 valence electrons. The average molecular weight is 399 g/mol. The van der Waals surface area contributed by atoms with Crippen LogP contribution in [0.4, 0.5) is 13.2 Å². The molecule has 0 saturated carbocycles. The Labute approximate surface area is 164 Å². The summed E-state index contributed by atoms with van der Waals surface area (Å²) in [5.74, 6) is 0.588. The second kappa shape index (κ2) is 7.16. The molecule has 4 rings (SSSR count). The molecule has 0 saturated heterocycles. The smallest absolute Gasteiger partial charge is 0.416 e. The first kappa shape index (κ1) is 18.9. The van der Waals surface area contributed by atoms with Crippen molar-refractivity contribution in [2.45, 2.75) is 26.6 Å². The average Bonchev–Trinajstić information content (AvgIpc) is 3.31. The molecule has 9 heteroatoms. The molecule has 2 aromatic carbocycles. The van der Waals surface area contributed by atoms with Crippen molar-refractivity contribution in [3.8, 4) is 22.8 Å². The lowest BCUT2D eigenvalue weighted by molar-refractivity contribution is -0.137. The van der Waals surface area contributed by atoms with Crippen LogP contribution in [0.1, 0.15) is 22.4 Å². The normalized spacial score (nSPS) is 11.8. The molecule has 2 aromatic heterocycles. The Morgan fingerprint density at radius 1 is 1.07 bits per heavy atom. The molecule has 0 aliphatic carbocycles. The van der Waals surface area contributed by atoms with E-state index in [9.17, 15) is 13.2 Å². The molecule has 0 bridgehead atoms. The van der Waals surface area contributed by atoms with Crippen molar-refractivity contribution >= 4 is 0 Å². The first-order valence-electron chi connectivity index (χ1n) is 8.77. The maximum Gasteiger partial charge on any atom is 0.416 e. The number of nitrogens with zero attached hydrogens (tertiary/aromatic N) is 5. The fourth-order valence-electron chi connectivity index (χ4n) is 2.96. The summed E-state index contributed by atoms with van der Waals surface area (Å²) in [6.45, 7) is 4.17. The Balaban J connectivity index is 1.54. The number of oxazole rings is 1. The molecule has 0 aliphatic rings. The molecule has 0 fully saturated rings. The van der Waals surface area contributed by atoms with E-state index in [1.165, 1.54) is 23.2 Å². The third-order valence-corrected chi connectivity index (χ3v) is 4.37. The van der Waals surface area contributed by atoms with E-state index in [2.05, 4.69) is 20.4 Å². The summed E-state index contributed by atoms with van der Waals surface area (Å²) in [6.07, 6.45) is -2.93. The zero-order chi connectivity index (χ0) is 20.6. The topological polar surface area (TPSA) is 69.6 Å². The number of halogens is 3. The summed E-state index contributed by atoms with van der Waals surface area (Å²) < 4.78 is 44.2. The summed E-state index contributed by atoms with van der Waals surface area (Å²) >= 11 is 0. The maximum atomic E-state index is 12.9. The van der Waals surface area contributed by atoms with E-state index in [0.29, 0.717) is 11.6 Å².